The second kappa shape index (κ2) is 10.9. The van der Waals surface area contributed by atoms with Crippen LogP contribution in [0.3, 0.4) is 0 Å². The maximum absolute atomic E-state index is 10.9. The molecule has 140 valence electrons. The minimum Gasteiger partial charge on any atom is -0.847 e. The predicted molar refractivity (Wildman–Crippen MR) is 71.3 cm³/mol. The zero-order chi connectivity index (χ0) is 18.6. The van der Waals surface area contributed by atoms with Gasteiger partial charge in [-0.2, -0.15) is 0 Å². The molecule has 0 spiro atoms. The number of aliphatic hydroxyl groups excluding tert-OH is 6. The molecule has 13 heteroatoms. The first-order valence-corrected chi connectivity index (χ1v) is 6.82. The van der Waals surface area contributed by atoms with Crippen LogP contribution in [-0.2, 0) is 19.1 Å². The van der Waals surface area contributed by atoms with Crippen molar-refractivity contribution in [3.05, 3.63) is 0 Å². The van der Waals surface area contributed by atoms with E-state index in [0.29, 0.717) is 0 Å². The van der Waals surface area contributed by atoms with E-state index in [0.717, 1.165) is 0 Å². The molecule has 0 aromatic rings. The summed E-state index contributed by atoms with van der Waals surface area (Å²) in [5, 5.41) is 74.2. The summed E-state index contributed by atoms with van der Waals surface area (Å²) in [5.74, 6) is -2.10. The van der Waals surface area contributed by atoms with Crippen LogP contribution < -0.4 is 10.2 Å². The van der Waals surface area contributed by atoms with E-state index in [-0.39, 0.29) is 37.7 Å². The largest absolute Gasteiger partial charge is 2.00 e. The van der Waals surface area contributed by atoms with Crippen LogP contribution in [0, 0.1) is 0 Å². The van der Waals surface area contributed by atoms with Crippen LogP contribution in [0.1, 0.15) is 0 Å². The minimum atomic E-state index is -1.74. The summed E-state index contributed by atoms with van der Waals surface area (Å²) in [7, 11) is 0. The first kappa shape index (κ1) is 24.9. The Morgan fingerprint density at radius 3 is 1.28 bits per heavy atom. The molecular formula is C12H18CaO12. The van der Waals surface area contributed by atoms with Gasteiger partial charge in [-0.1, -0.05) is 0 Å². The molecule has 0 saturated carbocycles. The molecule has 0 aromatic heterocycles. The molecule has 2 rings (SSSR count). The number of hydrogen-bond acceptors (Lipinski definition) is 12. The number of esters is 2. The van der Waals surface area contributed by atoms with Gasteiger partial charge in [-0.15, -0.1) is 0 Å². The van der Waals surface area contributed by atoms with Gasteiger partial charge < -0.3 is 50.3 Å². The molecule has 25 heavy (non-hydrogen) atoms. The number of carbonyl (C=O) groups excluding carboxylic acids is 2. The van der Waals surface area contributed by atoms with E-state index in [4.69, 9.17) is 30.6 Å². The Hall–Kier alpha value is -0.120. The van der Waals surface area contributed by atoms with Gasteiger partial charge in [0.1, 0.15) is 36.6 Å². The van der Waals surface area contributed by atoms with Crippen LogP contribution in [0.15, 0.2) is 0 Å². The van der Waals surface area contributed by atoms with E-state index in [1.165, 1.54) is 0 Å². The molecule has 0 bridgehead atoms. The molecule has 4 unspecified atom stereocenters. The van der Waals surface area contributed by atoms with Crippen molar-refractivity contribution < 1.29 is 59.9 Å². The van der Waals surface area contributed by atoms with Gasteiger partial charge >= 0.3 is 49.7 Å². The summed E-state index contributed by atoms with van der Waals surface area (Å²) in [5.41, 5.74) is 0. The third kappa shape index (κ3) is 5.94. The van der Waals surface area contributed by atoms with Crippen molar-refractivity contribution in [2.45, 2.75) is 48.8 Å². The van der Waals surface area contributed by atoms with Gasteiger partial charge in [-0.05, 0) is 12.2 Å². The number of aliphatic hydroxyl groups is 6. The van der Waals surface area contributed by atoms with Crippen molar-refractivity contribution in [2.75, 3.05) is 13.2 Å². The van der Waals surface area contributed by atoms with Gasteiger partial charge in [-0.3, -0.25) is 0 Å². The summed E-state index contributed by atoms with van der Waals surface area (Å²) < 4.78 is 8.65. The average Bonchev–Trinajstić information content (AvgIpc) is 2.98. The predicted octanol–water partition coefficient (Wildman–Crippen LogP) is -7.67. The Balaban J connectivity index is 0.000000443. The van der Waals surface area contributed by atoms with E-state index in [1.54, 1.807) is 0 Å². The van der Waals surface area contributed by atoms with E-state index >= 15 is 0 Å². The van der Waals surface area contributed by atoms with E-state index < -0.39 is 74.0 Å². The Morgan fingerprint density at radius 1 is 0.840 bits per heavy atom. The van der Waals surface area contributed by atoms with Crippen molar-refractivity contribution in [1.29, 1.82) is 0 Å². The van der Waals surface area contributed by atoms with Crippen molar-refractivity contribution in [1.82, 2.24) is 0 Å². The maximum atomic E-state index is 10.9. The SMILES string of the molecule is O=C1O[C@H]([C@@H](O)CO)C([O-])C1O.O=C1O[C@H]([C@@H](O)CO)C([O-])C1O.[Ca+2]. The molecule has 2 aliphatic heterocycles. The number of ether oxygens (including phenoxy) is 2. The Kier molecular flexibility index (Phi) is 10.8. The molecular weight excluding hydrogens is 376 g/mol. The molecule has 2 heterocycles. The fourth-order valence-corrected chi connectivity index (χ4v) is 1.97. The third-order valence-corrected chi connectivity index (χ3v) is 3.39. The first-order chi connectivity index (χ1) is 11.1. The summed E-state index contributed by atoms with van der Waals surface area (Å²) >= 11 is 0. The van der Waals surface area contributed by atoms with Crippen molar-refractivity contribution in [3.8, 4) is 0 Å². The van der Waals surface area contributed by atoms with Crippen LogP contribution >= 0.6 is 0 Å². The second-order valence-electron chi connectivity index (χ2n) is 5.12. The molecule has 0 aliphatic carbocycles. The average molecular weight is 394 g/mol. The first-order valence-electron chi connectivity index (χ1n) is 6.82. The Labute approximate surface area is 171 Å². The van der Waals surface area contributed by atoms with Crippen molar-refractivity contribution in [3.63, 3.8) is 0 Å². The van der Waals surface area contributed by atoms with Crippen molar-refractivity contribution >= 4 is 49.7 Å². The van der Waals surface area contributed by atoms with Gasteiger partial charge in [0, 0.05) is 0 Å². The molecule has 8 atom stereocenters. The smallest absolute Gasteiger partial charge is 0.847 e. The summed E-state index contributed by atoms with van der Waals surface area (Å²) in [6.45, 7) is -1.35. The van der Waals surface area contributed by atoms with Gasteiger partial charge in [0.05, 0.1) is 13.2 Å². The van der Waals surface area contributed by atoms with Gasteiger partial charge in [0.2, 0.25) is 0 Å². The minimum absolute atomic E-state index is 0. The molecule has 0 aromatic carbocycles. The summed E-state index contributed by atoms with van der Waals surface area (Å²) in [6, 6.07) is 0. The van der Waals surface area contributed by atoms with Gasteiger partial charge in [-0.25, -0.2) is 9.59 Å². The quantitative estimate of drug-likeness (QED) is 0.193. The normalized spacial score (nSPS) is 36.5. The number of carbonyl (C=O) groups is 2. The Bertz CT molecular complexity index is 408. The van der Waals surface area contributed by atoms with Crippen LogP contribution in [0.5, 0.6) is 0 Å². The molecule has 2 saturated heterocycles. The topological polar surface area (TPSA) is 220 Å². The molecule has 2 fully saturated rings. The zero-order valence-corrected chi connectivity index (χ0v) is 15.1. The van der Waals surface area contributed by atoms with Crippen LogP contribution in [0.25, 0.3) is 0 Å². The summed E-state index contributed by atoms with van der Waals surface area (Å²) in [6.07, 6.45) is -12.5. The molecule has 12 nitrogen and oxygen atoms in total. The van der Waals surface area contributed by atoms with Crippen LogP contribution in [0.4, 0.5) is 0 Å². The van der Waals surface area contributed by atoms with Crippen LogP contribution in [-0.4, -0.2) is 142 Å². The second-order valence-corrected chi connectivity index (χ2v) is 5.12. The summed E-state index contributed by atoms with van der Waals surface area (Å²) in [4.78, 5) is 21.1. The number of hydrogen-bond donors (Lipinski definition) is 6. The molecule has 0 radical (unpaired) electrons. The standard InChI is InChI=1S/2C6H9O6.Ca/c2*7-1-2(8)5-3(9)4(10)6(11)12-5;/h2*2-5,7-8,10H,1H2;/q2*-1;+2/t2*2-,3?,4?,5+;/m00./s1. The van der Waals surface area contributed by atoms with E-state index in [1.807, 2.05) is 0 Å². The molecule has 2 aliphatic rings. The third-order valence-electron chi connectivity index (χ3n) is 3.39. The zero-order valence-electron chi connectivity index (χ0n) is 12.9. The van der Waals surface area contributed by atoms with Gasteiger partial charge in [0.15, 0.2) is 0 Å². The fraction of sp³-hybridized carbons (Fsp3) is 0.833. The van der Waals surface area contributed by atoms with Crippen molar-refractivity contribution in [2.24, 2.45) is 0 Å². The van der Waals surface area contributed by atoms with Crippen LogP contribution in [0.2, 0.25) is 0 Å². The number of rotatable bonds is 4. The maximum Gasteiger partial charge on any atom is 2.00 e. The van der Waals surface area contributed by atoms with E-state index in [9.17, 15) is 19.8 Å². The number of cyclic esters (lactones) is 2. The van der Waals surface area contributed by atoms with Gasteiger partial charge in [0.25, 0.3) is 0 Å². The molecule has 6 N–H and O–H groups in total. The Morgan fingerprint density at radius 2 is 1.12 bits per heavy atom. The molecule has 0 amide bonds. The van der Waals surface area contributed by atoms with E-state index in [2.05, 4.69) is 9.47 Å². The fourth-order valence-electron chi connectivity index (χ4n) is 1.97. The monoisotopic (exact) mass is 394 g/mol.